The van der Waals surface area contributed by atoms with Crippen molar-refractivity contribution in [2.45, 2.75) is 19.6 Å². The molecule has 0 aromatic carbocycles. The van der Waals surface area contributed by atoms with E-state index in [9.17, 15) is 18.0 Å². The summed E-state index contributed by atoms with van der Waals surface area (Å²) in [5.74, 6) is 5.10. The third-order valence-corrected chi connectivity index (χ3v) is 2.62. The minimum absolute atomic E-state index is 0.0191. The summed E-state index contributed by atoms with van der Waals surface area (Å²) in [5, 5.41) is 3.59. The normalized spacial score (nSPS) is 11.7. The fourth-order valence-corrected chi connectivity index (χ4v) is 1.68. The number of hydrazine groups is 1. The lowest BCUT2D eigenvalue weighted by atomic mass is 10.2. The van der Waals surface area contributed by atoms with Gasteiger partial charge in [0.2, 0.25) is 0 Å². The van der Waals surface area contributed by atoms with Crippen LogP contribution in [0.1, 0.15) is 27.4 Å². The van der Waals surface area contributed by atoms with Gasteiger partial charge < -0.3 is 4.42 Å². The second-order valence-electron chi connectivity index (χ2n) is 4.08. The molecule has 3 N–H and O–H groups in total. The molecular formula is C11H11F3N4O2. The van der Waals surface area contributed by atoms with Crippen LogP contribution in [0.15, 0.2) is 22.9 Å². The molecule has 2 aromatic heterocycles. The van der Waals surface area contributed by atoms with E-state index in [1.54, 1.807) is 6.92 Å². The van der Waals surface area contributed by atoms with Crippen molar-refractivity contribution in [2.75, 3.05) is 0 Å². The highest BCUT2D eigenvalue weighted by Gasteiger charge is 2.32. The first-order valence-corrected chi connectivity index (χ1v) is 5.51. The Labute approximate surface area is 111 Å². The summed E-state index contributed by atoms with van der Waals surface area (Å²) in [6.45, 7) is 1.53. The number of aryl methyl sites for hydroxylation is 1. The Bertz CT molecular complexity index is 630. The first-order chi connectivity index (χ1) is 9.31. The zero-order valence-corrected chi connectivity index (χ0v) is 10.4. The molecule has 0 saturated heterocycles. The van der Waals surface area contributed by atoms with Gasteiger partial charge >= 0.3 is 6.18 Å². The van der Waals surface area contributed by atoms with Crippen LogP contribution in [0.25, 0.3) is 0 Å². The maximum Gasteiger partial charge on any atom is 0.419 e. The van der Waals surface area contributed by atoms with Crippen molar-refractivity contribution < 1.29 is 22.4 Å². The smallest absolute Gasteiger partial charge is 0.419 e. The van der Waals surface area contributed by atoms with E-state index in [0.29, 0.717) is 11.5 Å². The van der Waals surface area contributed by atoms with Gasteiger partial charge in [-0.25, -0.2) is 5.84 Å². The van der Waals surface area contributed by atoms with E-state index in [1.165, 1.54) is 6.07 Å². The van der Waals surface area contributed by atoms with Crippen LogP contribution in [0.3, 0.4) is 0 Å². The molecule has 9 heteroatoms. The lowest BCUT2D eigenvalue weighted by Gasteiger charge is -2.00. The third kappa shape index (κ3) is 2.82. The minimum Gasteiger partial charge on any atom is -0.464 e. The van der Waals surface area contributed by atoms with Crippen LogP contribution in [-0.2, 0) is 12.7 Å². The van der Waals surface area contributed by atoms with E-state index in [1.807, 2.05) is 5.43 Å². The molecule has 1 amide bonds. The van der Waals surface area contributed by atoms with Crippen LogP contribution >= 0.6 is 0 Å². The fraction of sp³-hybridized carbons (Fsp3) is 0.273. The Morgan fingerprint density at radius 1 is 1.55 bits per heavy atom. The molecular weight excluding hydrogens is 277 g/mol. The monoisotopic (exact) mass is 288 g/mol. The van der Waals surface area contributed by atoms with Gasteiger partial charge in [-0.2, -0.15) is 18.3 Å². The SMILES string of the molecule is Cc1oc(Cn2cc(C(F)(F)F)cn2)cc1C(=O)NN. The first kappa shape index (κ1) is 14.1. The lowest BCUT2D eigenvalue weighted by Crippen LogP contribution is -2.30. The quantitative estimate of drug-likeness (QED) is 0.508. The van der Waals surface area contributed by atoms with Gasteiger partial charge in [-0.05, 0) is 13.0 Å². The van der Waals surface area contributed by atoms with E-state index >= 15 is 0 Å². The van der Waals surface area contributed by atoms with E-state index in [4.69, 9.17) is 10.3 Å². The highest BCUT2D eigenvalue weighted by atomic mass is 19.4. The van der Waals surface area contributed by atoms with Crippen molar-refractivity contribution in [3.05, 3.63) is 41.1 Å². The highest BCUT2D eigenvalue weighted by Crippen LogP contribution is 2.28. The topological polar surface area (TPSA) is 86.1 Å². The Kier molecular flexibility index (Phi) is 3.53. The van der Waals surface area contributed by atoms with Gasteiger partial charge in [-0.3, -0.25) is 14.9 Å². The van der Waals surface area contributed by atoms with Crippen molar-refractivity contribution in [1.29, 1.82) is 0 Å². The number of hydrogen-bond donors (Lipinski definition) is 2. The van der Waals surface area contributed by atoms with E-state index in [0.717, 1.165) is 17.1 Å². The average Bonchev–Trinajstić information content (AvgIpc) is 2.95. The number of nitrogens with two attached hydrogens (primary N) is 1. The summed E-state index contributed by atoms with van der Waals surface area (Å²) in [6, 6.07) is 1.41. The number of furan rings is 1. The van der Waals surface area contributed by atoms with Crippen molar-refractivity contribution in [2.24, 2.45) is 5.84 Å². The fourth-order valence-electron chi connectivity index (χ4n) is 1.68. The summed E-state index contributed by atoms with van der Waals surface area (Å²) >= 11 is 0. The molecule has 2 rings (SSSR count). The van der Waals surface area contributed by atoms with E-state index in [2.05, 4.69) is 5.10 Å². The summed E-state index contributed by atoms with van der Waals surface area (Å²) < 4.78 is 43.6. The molecule has 0 atom stereocenters. The molecule has 0 fully saturated rings. The molecule has 0 radical (unpaired) electrons. The Morgan fingerprint density at radius 2 is 2.25 bits per heavy atom. The third-order valence-electron chi connectivity index (χ3n) is 2.62. The number of halogens is 3. The predicted octanol–water partition coefficient (Wildman–Crippen LogP) is 1.46. The molecule has 2 aromatic rings. The standard InChI is InChI=1S/C11H11F3N4O2/c1-6-9(10(19)17-15)2-8(20-6)5-18-4-7(3-16-18)11(12,13)14/h2-4H,5,15H2,1H3,(H,17,19). The molecule has 0 aliphatic heterocycles. The van der Waals surface area contributed by atoms with Crippen LogP contribution < -0.4 is 11.3 Å². The van der Waals surface area contributed by atoms with Gasteiger partial charge in [0.05, 0.1) is 23.9 Å². The van der Waals surface area contributed by atoms with Crippen molar-refractivity contribution >= 4 is 5.91 Å². The van der Waals surface area contributed by atoms with Gasteiger partial charge in [0, 0.05) is 6.20 Å². The zero-order chi connectivity index (χ0) is 14.9. The minimum atomic E-state index is -4.44. The number of amides is 1. The number of hydrogen-bond acceptors (Lipinski definition) is 4. The van der Waals surface area contributed by atoms with Crippen LogP contribution in [0.2, 0.25) is 0 Å². The van der Waals surface area contributed by atoms with E-state index in [-0.39, 0.29) is 12.1 Å². The summed E-state index contributed by atoms with van der Waals surface area (Å²) in [5.41, 5.74) is 1.33. The Balaban J connectivity index is 2.18. The van der Waals surface area contributed by atoms with Gasteiger partial charge in [0.15, 0.2) is 0 Å². The van der Waals surface area contributed by atoms with Gasteiger partial charge in [-0.15, -0.1) is 0 Å². The van der Waals surface area contributed by atoms with Crippen LogP contribution in [0.5, 0.6) is 0 Å². The molecule has 2 heterocycles. The number of nitrogen functional groups attached to an aromatic ring is 1. The molecule has 6 nitrogen and oxygen atoms in total. The van der Waals surface area contributed by atoms with Gasteiger partial charge in [-0.1, -0.05) is 0 Å². The first-order valence-electron chi connectivity index (χ1n) is 5.51. The molecule has 0 unspecified atom stereocenters. The summed E-state index contributed by atoms with van der Waals surface area (Å²) in [7, 11) is 0. The highest BCUT2D eigenvalue weighted by molar-refractivity contribution is 5.94. The molecule has 20 heavy (non-hydrogen) atoms. The summed E-state index contributed by atoms with van der Waals surface area (Å²) in [4.78, 5) is 11.4. The molecule has 0 aliphatic rings. The van der Waals surface area contributed by atoms with Crippen molar-refractivity contribution in [3.8, 4) is 0 Å². The number of carbonyl (C=O) groups excluding carboxylic acids is 1. The predicted molar refractivity (Wildman–Crippen MR) is 61.4 cm³/mol. The second-order valence-corrected chi connectivity index (χ2v) is 4.08. The maximum absolute atomic E-state index is 12.4. The Hall–Kier alpha value is -2.29. The largest absolute Gasteiger partial charge is 0.464 e. The van der Waals surface area contributed by atoms with Crippen molar-refractivity contribution in [1.82, 2.24) is 15.2 Å². The molecule has 0 spiro atoms. The molecule has 0 saturated carbocycles. The number of rotatable bonds is 3. The average molecular weight is 288 g/mol. The number of alkyl halides is 3. The Morgan fingerprint density at radius 3 is 2.80 bits per heavy atom. The molecule has 0 bridgehead atoms. The van der Waals surface area contributed by atoms with Crippen LogP contribution in [0, 0.1) is 6.92 Å². The molecule has 108 valence electrons. The second kappa shape index (κ2) is 5.00. The zero-order valence-electron chi connectivity index (χ0n) is 10.4. The summed E-state index contributed by atoms with van der Waals surface area (Å²) in [6.07, 6.45) is -2.86. The number of nitrogens with zero attached hydrogens (tertiary/aromatic N) is 2. The van der Waals surface area contributed by atoms with Crippen LogP contribution in [0.4, 0.5) is 13.2 Å². The van der Waals surface area contributed by atoms with Crippen LogP contribution in [-0.4, -0.2) is 15.7 Å². The maximum atomic E-state index is 12.4. The van der Waals surface area contributed by atoms with Crippen molar-refractivity contribution in [3.63, 3.8) is 0 Å². The lowest BCUT2D eigenvalue weighted by molar-refractivity contribution is -0.137. The van der Waals surface area contributed by atoms with E-state index < -0.39 is 17.6 Å². The molecule has 0 aliphatic carbocycles. The van der Waals surface area contributed by atoms with Gasteiger partial charge in [0.1, 0.15) is 11.5 Å². The number of carbonyl (C=O) groups is 1. The number of nitrogens with one attached hydrogen (secondary N) is 1. The number of aromatic nitrogens is 2. The van der Waals surface area contributed by atoms with Gasteiger partial charge in [0.25, 0.3) is 5.91 Å².